The number of carboxylic acid groups (broad SMARTS) is 1. The number of oxime groups is 1. The number of carboxylic acids is 1. The summed E-state index contributed by atoms with van der Waals surface area (Å²) in [5, 5.41) is 26.2. The van der Waals surface area contributed by atoms with Gasteiger partial charge in [0.05, 0.1) is 11.8 Å². The highest BCUT2D eigenvalue weighted by Gasteiger charge is 2.58. The summed E-state index contributed by atoms with van der Waals surface area (Å²) in [5.74, 6) is 0.365. The quantitative estimate of drug-likeness (QED) is 0.357. The number of nitrogens with zero attached hydrogens (tertiary/aromatic N) is 1. The van der Waals surface area contributed by atoms with Crippen LogP contribution in [0.2, 0.25) is 0 Å². The van der Waals surface area contributed by atoms with Crippen LogP contribution in [-0.4, -0.2) is 52.3 Å². The summed E-state index contributed by atoms with van der Waals surface area (Å²) < 4.78 is 0. The van der Waals surface area contributed by atoms with Crippen molar-refractivity contribution < 1.29 is 24.6 Å². The number of thiol groups is 1. The highest BCUT2D eigenvalue weighted by atomic mass is 32.1. The van der Waals surface area contributed by atoms with Crippen molar-refractivity contribution in [3.63, 3.8) is 0 Å². The van der Waals surface area contributed by atoms with Gasteiger partial charge in [0, 0.05) is 5.75 Å². The first-order chi connectivity index (χ1) is 15.2. The molecular formula is C24H36N2O5S. The third kappa shape index (κ3) is 4.09. The van der Waals surface area contributed by atoms with E-state index in [4.69, 9.17) is 9.94 Å². The van der Waals surface area contributed by atoms with Gasteiger partial charge in [-0.05, 0) is 86.0 Å². The second kappa shape index (κ2) is 9.01. The van der Waals surface area contributed by atoms with Crippen molar-refractivity contribution in [3.8, 4) is 0 Å². The summed E-state index contributed by atoms with van der Waals surface area (Å²) in [5.41, 5.74) is 2.57. The second-order valence-electron chi connectivity index (χ2n) is 10.6. The lowest BCUT2D eigenvalue weighted by Crippen LogP contribution is -2.51. The molecule has 0 aliphatic heterocycles. The molecule has 0 saturated heterocycles. The molecule has 8 heteroatoms. The van der Waals surface area contributed by atoms with Crippen LogP contribution < -0.4 is 5.32 Å². The smallest absolute Gasteiger partial charge is 0.327 e. The van der Waals surface area contributed by atoms with Gasteiger partial charge in [-0.25, -0.2) is 4.79 Å². The summed E-state index contributed by atoms with van der Waals surface area (Å²) >= 11 is 3.93. The Labute approximate surface area is 195 Å². The van der Waals surface area contributed by atoms with Gasteiger partial charge >= 0.3 is 5.97 Å². The number of rotatable bonds is 6. The number of allylic oxidation sites excluding steroid dienone is 2. The average Bonchev–Trinajstić information content (AvgIpc) is 3.06. The van der Waals surface area contributed by atoms with E-state index < -0.39 is 17.9 Å². The Morgan fingerprint density at radius 3 is 2.72 bits per heavy atom. The minimum Gasteiger partial charge on any atom is -0.480 e. The summed E-state index contributed by atoms with van der Waals surface area (Å²) in [6.07, 6.45) is 10.5. The Morgan fingerprint density at radius 2 is 2.00 bits per heavy atom. The molecule has 7 atom stereocenters. The van der Waals surface area contributed by atoms with E-state index in [1.165, 1.54) is 18.4 Å². The lowest BCUT2D eigenvalue weighted by atomic mass is 9.47. The number of nitrogens with one attached hydrogen (secondary N) is 1. The predicted octanol–water partition coefficient (Wildman–Crippen LogP) is 3.18. The van der Waals surface area contributed by atoms with Crippen LogP contribution in [0, 0.1) is 28.6 Å². The molecule has 3 N–H and O–H groups in total. The SMILES string of the molecule is C[C@]12CC[C@H]3[C@@H](CCC4=C/C(=N/OCC(=O)N[C@@H](CS)C(=O)O)CC[C@@]43C)[C@@H]1CC[C@H]2O. The Hall–Kier alpha value is -1.54. The van der Waals surface area contributed by atoms with Crippen LogP contribution in [-0.2, 0) is 14.4 Å². The van der Waals surface area contributed by atoms with Crippen LogP contribution >= 0.6 is 12.6 Å². The maximum atomic E-state index is 11.9. The number of carbonyl (C=O) groups is 2. The zero-order chi connectivity index (χ0) is 23.1. The average molecular weight is 465 g/mol. The van der Waals surface area contributed by atoms with Crippen molar-refractivity contribution in [1.29, 1.82) is 0 Å². The molecule has 0 unspecified atom stereocenters. The van der Waals surface area contributed by atoms with Crippen LogP contribution in [0.4, 0.5) is 0 Å². The number of amides is 1. The third-order valence-electron chi connectivity index (χ3n) is 9.12. The first-order valence-electron chi connectivity index (χ1n) is 11.9. The van der Waals surface area contributed by atoms with E-state index in [9.17, 15) is 14.7 Å². The Morgan fingerprint density at radius 1 is 1.22 bits per heavy atom. The fourth-order valence-corrected chi connectivity index (χ4v) is 7.46. The number of aliphatic carboxylic acids is 1. The summed E-state index contributed by atoms with van der Waals surface area (Å²) in [6.45, 7) is 4.42. The van der Waals surface area contributed by atoms with Gasteiger partial charge in [0.2, 0.25) is 0 Å². The van der Waals surface area contributed by atoms with E-state index in [0.717, 1.165) is 44.2 Å². The predicted molar refractivity (Wildman–Crippen MR) is 125 cm³/mol. The number of hydrogen-bond acceptors (Lipinski definition) is 6. The molecule has 3 fully saturated rings. The molecule has 0 aromatic rings. The van der Waals surface area contributed by atoms with Gasteiger partial charge in [-0.1, -0.05) is 24.6 Å². The highest BCUT2D eigenvalue weighted by Crippen LogP contribution is 2.65. The lowest BCUT2D eigenvalue weighted by Gasteiger charge is -2.57. The van der Waals surface area contributed by atoms with Crippen molar-refractivity contribution in [2.45, 2.75) is 77.4 Å². The molecule has 7 nitrogen and oxygen atoms in total. The van der Waals surface area contributed by atoms with Gasteiger partial charge in [-0.2, -0.15) is 12.6 Å². The van der Waals surface area contributed by atoms with E-state index in [2.05, 4.69) is 43.0 Å². The van der Waals surface area contributed by atoms with Crippen molar-refractivity contribution in [2.75, 3.05) is 12.4 Å². The first kappa shape index (κ1) is 23.6. The second-order valence-corrected chi connectivity index (χ2v) is 11.0. The third-order valence-corrected chi connectivity index (χ3v) is 9.49. The van der Waals surface area contributed by atoms with E-state index in [1.54, 1.807) is 0 Å². The van der Waals surface area contributed by atoms with Crippen molar-refractivity contribution >= 4 is 30.2 Å². The van der Waals surface area contributed by atoms with E-state index in [-0.39, 0.29) is 29.3 Å². The molecule has 0 aromatic carbocycles. The van der Waals surface area contributed by atoms with Crippen LogP contribution in [0.3, 0.4) is 0 Å². The lowest BCUT2D eigenvalue weighted by molar-refractivity contribution is -0.141. The normalized spacial score (nSPS) is 40.5. The Balaban J connectivity index is 1.39. The maximum absolute atomic E-state index is 11.9. The molecule has 0 bridgehead atoms. The molecule has 1 amide bonds. The topological polar surface area (TPSA) is 108 Å². The van der Waals surface area contributed by atoms with Crippen molar-refractivity contribution in [1.82, 2.24) is 5.32 Å². The molecular weight excluding hydrogens is 428 g/mol. The van der Waals surface area contributed by atoms with E-state index in [1.807, 2.05) is 0 Å². The zero-order valence-corrected chi connectivity index (χ0v) is 19.9. The molecule has 4 rings (SSSR count). The largest absolute Gasteiger partial charge is 0.480 e. The number of carbonyl (C=O) groups excluding carboxylic acids is 1. The Bertz CT molecular complexity index is 829. The maximum Gasteiger partial charge on any atom is 0.327 e. The van der Waals surface area contributed by atoms with Crippen LogP contribution in [0.1, 0.15) is 65.2 Å². The fraction of sp³-hybridized carbons (Fsp3) is 0.792. The molecule has 0 radical (unpaired) electrons. The van der Waals surface area contributed by atoms with Gasteiger partial charge in [0.25, 0.3) is 5.91 Å². The minimum atomic E-state index is -1.12. The number of aliphatic hydroxyl groups excluding tert-OH is 1. The summed E-state index contributed by atoms with van der Waals surface area (Å²) in [4.78, 5) is 28.1. The fourth-order valence-electron chi connectivity index (χ4n) is 7.21. The standard InChI is InChI=1S/C24H36N2O5S/c1-23-9-7-15(26-31-12-21(28)25-19(13-32)22(29)30)11-14(23)3-4-16-17-5-6-20(27)24(17,2)10-8-18(16)23/h11,16-20,27,32H,3-10,12-13H2,1-2H3,(H,25,28)(H,29,30)/b26-15+/t16-,17-,18-,19-,20+,23-,24-/m0/s1. The number of hydrogen-bond donors (Lipinski definition) is 4. The molecule has 4 aliphatic carbocycles. The van der Waals surface area contributed by atoms with Gasteiger partial charge in [0.15, 0.2) is 6.61 Å². The van der Waals surface area contributed by atoms with E-state index in [0.29, 0.717) is 17.8 Å². The molecule has 32 heavy (non-hydrogen) atoms. The monoisotopic (exact) mass is 464 g/mol. The minimum absolute atomic E-state index is 0.0153. The molecule has 0 spiro atoms. The number of fused-ring (bicyclic) bond motifs is 5. The van der Waals surface area contributed by atoms with E-state index >= 15 is 0 Å². The number of aliphatic hydroxyl groups is 1. The molecule has 0 aromatic heterocycles. The van der Waals surface area contributed by atoms with Gasteiger partial charge in [0.1, 0.15) is 6.04 Å². The summed E-state index contributed by atoms with van der Waals surface area (Å²) in [6, 6.07) is -1.03. The molecule has 4 aliphatic rings. The van der Waals surface area contributed by atoms with Crippen molar-refractivity contribution in [2.24, 2.45) is 33.7 Å². The molecule has 0 heterocycles. The Kier molecular flexibility index (Phi) is 6.65. The summed E-state index contributed by atoms with van der Waals surface area (Å²) in [7, 11) is 0. The highest BCUT2D eigenvalue weighted by molar-refractivity contribution is 7.80. The van der Waals surface area contributed by atoms with Crippen LogP contribution in [0.5, 0.6) is 0 Å². The van der Waals surface area contributed by atoms with Gasteiger partial charge in [-0.3, -0.25) is 4.79 Å². The molecule has 178 valence electrons. The van der Waals surface area contributed by atoms with Crippen LogP contribution in [0.25, 0.3) is 0 Å². The van der Waals surface area contributed by atoms with Crippen LogP contribution in [0.15, 0.2) is 16.8 Å². The van der Waals surface area contributed by atoms with Crippen molar-refractivity contribution in [3.05, 3.63) is 11.6 Å². The first-order valence-corrected chi connectivity index (χ1v) is 12.5. The van der Waals surface area contributed by atoms with Gasteiger partial charge in [-0.15, -0.1) is 0 Å². The van der Waals surface area contributed by atoms with Gasteiger partial charge < -0.3 is 20.4 Å². The molecule has 3 saturated carbocycles. The zero-order valence-electron chi connectivity index (χ0n) is 19.0.